The number of rotatable bonds is 12. The van der Waals surface area contributed by atoms with Gasteiger partial charge < -0.3 is 34.6 Å². The van der Waals surface area contributed by atoms with Crippen LogP contribution in [0.4, 0.5) is 0 Å². The molecule has 0 bridgehead atoms. The van der Waals surface area contributed by atoms with Gasteiger partial charge in [-0.05, 0) is 71.8 Å². The van der Waals surface area contributed by atoms with Crippen molar-refractivity contribution in [3.63, 3.8) is 0 Å². The molecule has 0 aliphatic heterocycles. The van der Waals surface area contributed by atoms with Gasteiger partial charge in [0.1, 0.15) is 23.0 Å². The molecule has 228 valence electrons. The van der Waals surface area contributed by atoms with Crippen molar-refractivity contribution in [3.8, 4) is 23.0 Å². The van der Waals surface area contributed by atoms with E-state index in [1.807, 2.05) is 0 Å². The molecule has 0 aromatic heterocycles. The third-order valence-corrected chi connectivity index (χ3v) is 6.15. The molecular weight excluding hydrogens is 592 g/mol. The second kappa shape index (κ2) is 13.6. The van der Waals surface area contributed by atoms with Crippen molar-refractivity contribution in [2.24, 2.45) is 0 Å². The van der Waals surface area contributed by atoms with Crippen LogP contribution in [0.15, 0.2) is 84.9 Å². The molecule has 0 heterocycles. The minimum Gasteiger partial charge on any atom is -0.478 e. The predicted molar refractivity (Wildman–Crippen MR) is 152 cm³/mol. The zero-order chi connectivity index (χ0) is 32.7. The van der Waals surface area contributed by atoms with Crippen molar-refractivity contribution in [3.05, 3.63) is 118 Å². The fraction of sp³-hybridized carbons (Fsp3) is 0.0625. The molecule has 13 heteroatoms. The summed E-state index contributed by atoms with van der Waals surface area (Å²) in [6.45, 7) is 0. The van der Waals surface area contributed by atoms with E-state index in [2.05, 4.69) is 0 Å². The number of carbonyl (C=O) groups is 6. The van der Waals surface area contributed by atoms with Crippen LogP contribution in [-0.2, 0) is 27.2 Å². The minimum atomic E-state index is -1.42. The molecule has 0 spiro atoms. The predicted octanol–water partition coefficient (Wildman–Crippen LogP) is 4.92. The maximum Gasteiger partial charge on any atom is 0.336 e. The van der Waals surface area contributed by atoms with E-state index in [1.165, 1.54) is 60.7 Å². The molecule has 0 saturated heterocycles. The molecule has 4 N–H and O–H groups in total. The van der Waals surface area contributed by atoms with Crippen LogP contribution in [0.2, 0.25) is 0 Å². The average molecular weight is 615 g/mol. The van der Waals surface area contributed by atoms with Gasteiger partial charge in [0.2, 0.25) is 0 Å². The zero-order valence-corrected chi connectivity index (χ0v) is 23.0. The lowest BCUT2D eigenvalue weighted by molar-refractivity contribution is -0.158. The third-order valence-electron chi connectivity index (χ3n) is 6.15. The summed E-state index contributed by atoms with van der Waals surface area (Å²) >= 11 is 0. The number of hydrogen-bond donors (Lipinski definition) is 4. The van der Waals surface area contributed by atoms with Crippen LogP contribution in [0.25, 0.3) is 0 Å². The highest BCUT2D eigenvalue weighted by Crippen LogP contribution is 2.26. The number of benzene rings is 4. The van der Waals surface area contributed by atoms with E-state index in [0.717, 1.165) is 24.3 Å². The third kappa shape index (κ3) is 8.29. The summed E-state index contributed by atoms with van der Waals surface area (Å²) in [4.78, 5) is 69.7. The first-order valence-electron chi connectivity index (χ1n) is 12.9. The van der Waals surface area contributed by atoms with Crippen molar-refractivity contribution in [2.75, 3.05) is 0 Å². The van der Waals surface area contributed by atoms with Crippen molar-refractivity contribution < 1.29 is 63.4 Å². The Labute approximate surface area is 253 Å². The lowest BCUT2D eigenvalue weighted by Gasteiger charge is -2.09. The number of carboxylic acid groups (broad SMARTS) is 4. The number of aromatic carboxylic acids is 4. The van der Waals surface area contributed by atoms with Crippen molar-refractivity contribution in [2.45, 2.75) is 12.8 Å². The summed E-state index contributed by atoms with van der Waals surface area (Å²) in [5, 5.41) is 36.8. The van der Waals surface area contributed by atoms with Crippen molar-refractivity contribution >= 4 is 35.8 Å². The van der Waals surface area contributed by atoms with Crippen LogP contribution in [0.3, 0.4) is 0 Å². The normalized spacial score (nSPS) is 10.4. The summed E-state index contributed by atoms with van der Waals surface area (Å²) in [6, 6.07) is 19.2. The Morgan fingerprint density at radius 1 is 0.422 bits per heavy atom. The average Bonchev–Trinajstić information content (AvgIpc) is 2.98. The molecular formula is C32H22O13. The van der Waals surface area contributed by atoms with Gasteiger partial charge in [-0.1, -0.05) is 24.3 Å². The summed E-state index contributed by atoms with van der Waals surface area (Å²) in [6.07, 6.45) is -0.456. The SMILES string of the molecule is O=C(Cc1ccc(Oc2ccc(C(=O)O)c(C(=O)O)c2)cc1)OC(=O)Cc1ccc(Oc2ccc(C(=O)O)c(C(=O)O)c2)cc1. The van der Waals surface area contributed by atoms with Gasteiger partial charge in [-0.3, -0.25) is 9.59 Å². The Morgan fingerprint density at radius 3 is 1.04 bits per heavy atom. The minimum absolute atomic E-state index is 0.0940. The molecule has 0 unspecified atom stereocenters. The standard InChI is InChI=1S/C32H22O13/c33-27(13-17-1-5-19(6-2-17)43-21-9-11-23(29(35)36)25(15-21)31(39)40)45-28(34)14-18-3-7-20(8-4-18)44-22-10-12-24(30(37)38)26(16-22)32(41)42/h1-12,15-16H,13-14H2,(H,35,36)(H,37,38)(H,39,40)(H,41,42). The van der Waals surface area contributed by atoms with Gasteiger partial charge in [-0.15, -0.1) is 0 Å². The Balaban J connectivity index is 1.29. The van der Waals surface area contributed by atoms with Gasteiger partial charge in [0, 0.05) is 0 Å². The monoisotopic (exact) mass is 614 g/mol. The van der Waals surface area contributed by atoms with Crippen molar-refractivity contribution in [1.82, 2.24) is 0 Å². The second-order valence-corrected chi connectivity index (χ2v) is 9.33. The number of ether oxygens (including phenoxy) is 3. The molecule has 0 saturated carbocycles. The molecule has 45 heavy (non-hydrogen) atoms. The van der Waals surface area contributed by atoms with Crippen LogP contribution in [0, 0.1) is 0 Å². The zero-order valence-electron chi connectivity index (χ0n) is 23.0. The fourth-order valence-electron chi connectivity index (χ4n) is 4.06. The van der Waals surface area contributed by atoms with Gasteiger partial charge in [0.05, 0.1) is 35.1 Å². The first-order chi connectivity index (χ1) is 21.4. The Bertz CT molecular complexity index is 1670. The molecule has 0 fully saturated rings. The molecule has 13 nitrogen and oxygen atoms in total. The van der Waals surface area contributed by atoms with Crippen LogP contribution < -0.4 is 9.47 Å². The van der Waals surface area contributed by atoms with E-state index in [9.17, 15) is 39.0 Å². The van der Waals surface area contributed by atoms with E-state index < -0.39 is 46.9 Å². The van der Waals surface area contributed by atoms with Gasteiger partial charge >= 0.3 is 35.8 Å². The summed E-state index contributed by atoms with van der Waals surface area (Å²) in [5.41, 5.74) is -0.649. The fourth-order valence-corrected chi connectivity index (χ4v) is 4.06. The van der Waals surface area contributed by atoms with E-state index >= 15 is 0 Å². The van der Waals surface area contributed by atoms with Gasteiger partial charge in [0.25, 0.3) is 0 Å². The molecule has 0 atom stereocenters. The highest BCUT2D eigenvalue weighted by atomic mass is 16.6. The van der Waals surface area contributed by atoms with Crippen LogP contribution >= 0.6 is 0 Å². The van der Waals surface area contributed by atoms with Crippen LogP contribution in [0.1, 0.15) is 52.6 Å². The van der Waals surface area contributed by atoms with Gasteiger partial charge in [-0.2, -0.15) is 0 Å². The maximum absolute atomic E-state index is 12.3. The topological polar surface area (TPSA) is 211 Å². The molecule has 4 rings (SSSR count). The summed E-state index contributed by atoms with van der Waals surface area (Å²) in [5.74, 6) is -6.47. The van der Waals surface area contributed by atoms with E-state index in [0.29, 0.717) is 11.1 Å². The van der Waals surface area contributed by atoms with E-state index in [1.54, 1.807) is 0 Å². The van der Waals surface area contributed by atoms with Gasteiger partial charge in [0.15, 0.2) is 0 Å². The maximum atomic E-state index is 12.3. The Morgan fingerprint density at radius 2 is 0.733 bits per heavy atom. The molecule has 4 aromatic carbocycles. The highest BCUT2D eigenvalue weighted by Gasteiger charge is 2.19. The Hall–Kier alpha value is -6.50. The highest BCUT2D eigenvalue weighted by molar-refractivity contribution is 6.02. The van der Waals surface area contributed by atoms with Gasteiger partial charge in [-0.25, -0.2) is 19.2 Å². The van der Waals surface area contributed by atoms with E-state index in [4.69, 9.17) is 24.4 Å². The molecule has 0 aliphatic rings. The first-order valence-corrected chi connectivity index (χ1v) is 12.9. The smallest absolute Gasteiger partial charge is 0.336 e. The van der Waals surface area contributed by atoms with E-state index in [-0.39, 0.29) is 47.0 Å². The number of carboxylic acids is 4. The second-order valence-electron chi connectivity index (χ2n) is 9.33. The molecule has 0 aliphatic carbocycles. The Kier molecular flexibility index (Phi) is 9.54. The quantitative estimate of drug-likeness (QED) is 0.123. The van der Waals surface area contributed by atoms with Crippen molar-refractivity contribution in [1.29, 1.82) is 0 Å². The molecule has 0 amide bonds. The lowest BCUT2D eigenvalue weighted by atomic mass is 10.1. The number of esters is 2. The van der Waals surface area contributed by atoms with Crippen LogP contribution in [0.5, 0.6) is 23.0 Å². The van der Waals surface area contributed by atoms with Crippen LogP contribution in [-0.4, -0.2) is 56.2 Å². The number of carbonyl (C=O) groups excluding carboxylic acids is 2. The molecule has 0 radical (unpaired) electrons. The number of hydrogen-bond acceptors (Lipinski definition) is 9. The largest absolute Gasteiger partial charge is 0.478 e. The lowest BCUT2D eigenvalue weighted by Crippen LogP contribution is -2.16. The summed E-state index contributed by atoms with van der Waals surface area (Å²) < 4.78 is 16.1. The molecule has 4 aromatic rings. The summed E-state index contributed by atoms with van der Waals surface area (Å²) in [7, 11) is 0. The first kappa shape index (κ1) is 31.4.